The molecule has 0 aromatic heterocycles. The van der Waals surface area contributed by atoms with Gasteiger partial charge in [0.25, 0.3) is 0 Å². The molecule has 0 fully saturated rings. The van der Waals surface area contributed by atoms with E-state index in [4.69, 9.17) is 0 Å². The van der Waals surface area contributed by atoms with Gasteiger partial charge in [0.2, 0.25) is 0 Å². The summed E-state index contributed by atoms with van der Waals surface area (Å²) in [6.45, 7) is 8.76. The Morgan fingerprint density at radius 2 is 1.04 bits per heavy atom. The van der Waals surface area contributed by atoms with E-state index in [1.807, 2.05) is 64.1 Å². The van der Waals surface area contributed by atoms with Crippen LogP contribution in [-0.2, 0) is 4.57 Å². The number of Topliss-reactive ketones (excluding diaryl/α,β-unsaturated/α-hetero) is 2. The number of carbonyl (C=O) groups is 2. The molecule has 0 saturated carbocycles. The van der Waals surface area contributed by atoms with Gasteiger partial charge in [0.1, 0.15) is 0 Å². The van der Waals surface area contributed by atoms with E-state index < -0.39 is 25.2 Å². The van der Waals surface area contributed by atoms with Gasteiger partial charge in [0, 0.05) is 11.1 Å². The van der Waals surface area contributed by atoms with Crippen molar-refractivity contribution in [1.82, 2.24) is 0 Å². The van der Waals surface area contributed by atoms with Crippen molar-refractivity contribution in [2.75, 3.05) is 0 Å². The first kappa shape index (κ1) is 18.2. The smallest absolute Gasteiger partial charge is 0.188 e. The Kier molecular flexibility index (Phi) is 5.15. The van der Waals surface area contributed by atoms with Gasteiger partial charge in [-0.2, -0.15) is 0 Å². The van der Waals surface area contributed by atoms with E-state index in [0.717, 1.165) is 22.3 Å². The minimum Gasteiger partial charge on any atom is -0.292 e. The summed E-state index contributed by atoms with van der Waals surface area (Å²) in [6.07, 6.45) is 0. The van der Waals surface area contributed by atoms with Gasteiger partial charge in [0.15, 0.2) is 25.2 Å². The molecule has 3 nitrogen and oxygen atoms in total. The first-order valence-electron chi connectivity index (χ1n) is 7.80. The lowest BCUT2D eigenvalue weighted by Gasteiger charge is -2.23. The number of benzene rings is 2. The van der Waals surface area contributed by atoms with Crippen LogP contribution < -0.4 is 0 Å². The molecule has 2 aromatic rings. The van der Waals surface area contributed by atoms with Gasteiger partial charge in [0.05, 0.1) is 0 Å². The van der Waals surface area contributed by atoms with Crippen LogP contribution in [-0.4, -0.2) is 16.7 Å². The average molecular weight is 340 g/mol. The van der Waals surface area contributed by atoms with Crippen LogP contribution in [0.4, 0.5) is 0 Å². The molecule has 2 rings (SSSR count). The van der Waals surface area contributed by atoms with Crippen LogP contribution in [0.5, 0.6) is 0 Å². The van der Waals surface area contributed by atoms with E-state index in [-0.39, 0.29) is 0 Å². The maximum atomic E-state index is 13.1. The number of aryl methyl sites for hydroxylation is 4. The van der Waals surface area contributed by atoms with Crippen LogP contribution in [0.15, 0.2) is 36.4 Å². The van der Waals surface area contributed by atoms with Gasteiger partial charge in [-0.1, -0.05) is 36.4 Å². The molecule has 0 unspecified atom stereocenters. The van der Waals surface area contributed by atoms with Crippen molar-refractivity contribution in [2.45, 2.75) is 39.8 Å². The molecule has 2 aromatic carbocycles. The summed E-state index contributed by atoms with van der Waals surface area (Å²) in [5.41, 5.74) is 4.08. The SMILES string of the molecule is Cc1cccc(C)c1C(=O)C(C)(P=O)C(=O)c1c(C)cccc1C. The van der Waals surface area contributed by atoms with Crippen LogP contribution in [0, 0.1) is 27.7 Å². The van der Waals surface area contributed by atoms with Crippen molar-refractivity contribution in [3.8, 4) is 0 Å². The highest BCUT2D eigenvalue weighted by Crippen LogP contribution is 2.35. The fourth-order valence-electron chi connectivity index (χ4n) is 3.02. The van der Waals surface area contributed by atoms with Crippen molar-refractivity contribution >= 4 is 20.0 Å². The molecule has 0 amide bonds. The second kappa shape index (κ2) is 6.78. The van der Waals surface area contributed by atoms with E-state index in [9.17, 15) is 14.2 Å². The first-order valence-corrected chi connectivity index (χ1v) is 8.61. The molecule has 124 valence electrons. The highest BCUT2D eigenvalue weighted by molar-refractivity contribution is 7.30. The predicted molar refractivity (Wildman–Crippen MR) is 96.5 cm³/mol. The number of carbonyl (C=O) groups excluding carboxylic acids is 2. The Morgan fingerprint density at radius 3 is 1.29 bits per heavy atom. The summed E-state index contributed by atoms with van der Waals surface area (Å²) in [5.74, 6) is -0.801. The molecule has 0 aliphatic heterocycles. The van der Waals surface area contributed by atoms with Gasteiger partial charge < -0.3 is 0 Å². The summed E-state index contributed by atoms with van der Waals surface area (Å²) >= 11 is 0. The minimum atomic E-state index is -1.63. The number of hydrogen-bond acceptors (Lipinski definition) is 3. The lowest BCUT2D eigenvalue weighted by atomic mass is 9.84. The first-order chi connectivity index (χ1) is 11.2. The van der Waals surface area contributed by atoms with Gasteiger partial charge in [-0.3, -0.25) is 14.2 Å². The summed E-state index contributed by atoms with van der Waals surface area (Å²) in [6, 6.07) is 11.0. The van der Waals surface area contributed by atoms with E-state index in [1.54, 1.807) is 0 Å². The van der Waals surface area contributed by atoms with Gasteiger partial charge >= 0.3 is 0 Å². The normalized spacial score (nSPS) is 11.5. The summed E-state index contributed by atoms with van der Waals surface area (Å²) < 4.78 is 12.0. The van der Waals surface area contributed by atoms with Crippen molar-refractivity contribution in [3.05, 3.63) is 69.8 Å². The molecule has 0 aliphatic carbocycles. The quantitative estimate of drug-likeness (QED) is 0.435. The van der Waals surface area contributed by atoms with Gasteiger partial charge in [-0.05, 0) is 56.9 Å². The number of ketones is 2. The molecule has 0 saturated heterocycles. The van der Waals surface area contributed by atoms with Crippen molar-refractivity contribution < 1.29 is 14.2 Å². The van der Waals surface area contributed by atoms with E-state index >= 15 is 0 Å². The Balaban J connectivity index is 2.62. The lowest BCUT2D eigenvalue weighted by Crippen LogP contribution is -2.40. The fraction of sp³-hybridized carbons (Fsp3) is 0.300. The van der Waals surface area contributed by atoms with Gasteiger partial charge in [-0.15, -0.1) is 0 Å². The molecule has 0 bridgehead atoms. The van der Waals surface area contributed by atoms with Crippen molar-refractivity contribution in [2.24, 2.45) is 0 Å². The molecule has 0 N–H and O–H groups in total. The van der Waals surface area contributed by atoms with E-state index in [2.05, 4.69) is 0 Å². The zero-order chi connectivity index (χ0) is 18.1. The Bertz CT molecular complexity index is 733. The zero-order valence-electron chi connectivity index (χ0n) is 14.6. The molecule has 4 heteroatoms. The summed E-state index contributed by atoms with van der Waals surface area (Å²) in [7, 11) is -0.493. The summed E-state index contributed by atoms with van der Waals surface area (Å²) in [5, 5.41) is -1.63. The van der Waals surface area contributed by atoms with E-state index in [1.165, 1.54) is 6.92 Å². The standard InChI is InChI=1S/C20H21O3P/c1-12-8-6-9-13(2)16(12)18(21)20(5,24-23)19(22)17-14(3)10-7-11-15(17)4/h6-11H,1-5H3. The summed E-state index contributed by atoms with van der Waals surface area (Å²) in [4.78, 5) is 26.3. The second-order valence-corrected chi connectivity index (χ2v) is 7.43. The highest BCUT2D eigenvalue weighted by atomic mass is 31.1. The maximum Gasteiger partial charge on any atom is 0.188 e. The fourth-order valence-corrected chi connectivity index (χ4v) is 3.41. The molecule has 0 spiro atoms. The molecule has 24 heavy (non-hydrogen) atoms. The largest absolute Gasteiger partial charge is 0.292 e. The van der Waals surface area contributed by atoms with Gasteiger partial charge in [-0.25, -0.2) is 0 Å². The van der Waals surface area contributed by atoms with Crippen molar-refractivity contribution in [3.63, 3.8) is 0 Å². The second-order valence-electron chi connectivity index (χ2n) is 6.36. The molecule has 0 heterocycles. The topological polar surface area (TPSA) is 51.2 Å². The molecule has 0 atom stereocenters. The van der Waals surface area contributed by atoms with Crippen molar-refractivity contribution in [1.29, 1.82) is 0 Å². The van der Waals surface area contributed by atoms with Crippen LogP contribution in [0.3, 0.4) is 0 Å². The Morgan fingerprint density at radius 1 is 0.750 bits per heavy atom. The Hall–Kier alpha value is -2.12. The molecular formula is C20H21O3P. The maximum absolute atomic E-state index is 13.1. The predicted octanol–water partition coefficient (Wildman–Crippen LogP) is 5.04. The van der Waals surface area contributed by atoms with Crippen LogP contribution >= 0.6 is 8.46 Å². The third-order valence-electron chi connectivity index (χ3n) is 4.48. The highest BCUT2D eigenvalue weighted by Gasteiger charge is 2.44. The van der Waals surface area contributed by atoms with Crippen LogP contribution in [0.2, 0.25) is 0 Å². The molecule has 0 radical (unpaired) electrons. The third-order valence-corrected chi connectivity index (χ3v) is 5.25. The number of hydrogen-bond donors (Lipinski definition) is 0. The van der Waals surface area contributed by atoms with E-state index in [0.29, 0.717) is 11.1 Å². The third kappa shape index (κ3) is 2.97. The Labute approximate surface area is 144 Å². The number of rotatable bonds is 5. The molecule has 0 aliphatic rings. The van der Waals surface area contributed by atoms with Crippen LogP contribution in [0.1, 0.15) is 49.9 Å². The zero-order valence-corrected chi connectivity index (χ0v) is 15.5. The van der Waals surface area contributed by atoms with Crippen LogP contribution in [0.25, 0.3) is 0 Å². The average Bonchev–Trinajstić information content (AvgIpc) is 2.53. The monoisotopic (exact) mass is 340 g/mol. The minimum absolute atomic E-state index is 0.401. The molecular weight excluding hydrogens is 319 g/mol. The lowest BCUT2D eigenvalue weighted by molar-refractivity contribution is 0.0843.